The molecule has 6 heteroatoms. The molecule has 0 aromatic heterocycles. The van der Waals surface area contributed by atoms with Crippen LogP contribution in [0, 0.1) is 0 Å². The molecule has 0 heterocycles. The maximum absolute atomic E-state index is 11.8. The molecule has 0 unspecified atom stereocenters. The normalized spacial score (nSPS) is 10.3. The van der Waals surface area contributed by atoms with Crippen LogP contribution in [-0.4, -0.2) is 19.1 Å². The molecule has 0 saturated carbocycles. The number of ether oxygens (including phenoxy) is 1. The third kappa shape index (κ3) is 5.27. The van der Waals surface area contributed by atoms with Gasteiger partial charge in [0, 0.05) is 16.4 Å². The fourth-order valence-corrected chi connectivity index (χ4v) is 2.06. The Balaban J connectivity index is 1.92. The van der Waals surface area contributed by atoms with E-state index in [4.69, 9.17) is 0 Å². The van der Waals surface area contributed by atoms with Gasteiger partial charge in [0.25, 0.3) is 0 Å². The third-order valence-corrected chi connectivity index (χ3v) is 3.43. The highest BCUT2D eigenvalue weighted by Gasteiger charge is 2.06. The third-order valence-electron chi connectivity index (χ3n) is 2.90. The van der Waals surface area contributed by atoms with Gasteiger partial charge in [-0.05, 0) is 42.0 Å². The van der Waals surface area contributed by atoms with Crippen LogP contribution in [0.5, 0.6) is 0 Å². The highest BCUT2D eigenvalue weighted by Crippen LogP contribution is 2.12. The number of benzene rings is 2. The Kier molecular flexibility index (Phi) is 5.94. The minimum atomic E-state index is -0.454. The van der Waals surface area contributed by atoms with E-state index in [-0.39, 0.29) is 0 Å². The van der Waals surface area contributed by atoms with Gasteiger partial charge < -0.3 is 15.4 Å². The van der Waals surface area contributed by atoms with Gasteiger partial charge in [0.2, 0.25) is 0 Å². The van der Waals surface area contributed by atoms with Crippen LogP contribution in [0.4, 0.5) is 10.5 Å². The molecule has 2 aromatic carbocycles. The first-order chi connectivity index (χ1) is 11.1. The van der Waals surface area contributed by atoms with Crippen molar-refractivity contribution in [1.29, 1.82) is 0 Å². The Hall–Kier alpha value is -2.60. The molecule has 23 heavy (non-hydrogen) atoms. The summed E-state index contributed by atoms with van der Waals surface area (Å²) >= 11 is 3.36. The molecule has 0 saturated heterocycles. The minimum absolute atomic E-state index is 0.371. The molecule has 0 aliphatic heterocycles. The second kappa shape index (κ2) is 8.14. The SMILES string of the molecule is COC(=O)c1cccc(NC(=O)N/C=C/c2ccc(Br)cc2)c1. The maximum Gasteiger partial charge on any atom is 0.337 e. The fraction of sp³-hybridized carbons (Fsp3) is 0.0588. The summed E-state index contributed by atoms with van der Waals surface area (Å²) in [6.45, 7) is 0. The molecule has 0 aliphatic rings. The lowest BCUT2D eigenvalue weighted by atomic mass is 10.2. The van der Waals surface area contributed by atoms with E-state index in [9.17, 15) is 9.59 Å². The molecule has 0 bridgehead atoms. The highest BCUT2D eigenvalue weighted by molar-refractivity contribution is 9.10. The standard InChI is InChI=1S/C17H15BrN2O3/c1-23-16(21)13-3-2-4-15(11-13)20-17(22)19-10-9-12-5-7-14(18)8-6-12/h2-11H,1H3,(H2,19,20,22)/b10-9+. The van der Waals surface area contributed by atoms with E-state index < -0.39 is 12.0 Å². The van der Waals surface area contributed by atoms with Crippen molar-refractivity contribution in [2.75, 3.05) is 12.4 Å². The number of rotatable bonds is 4. The number of halogens is 1. The first kappa shape index (κ1) is 16.8. The van der Waals surface area contributed by atoms with Crippen molar-refractivity contribution in [3.8, 4) is 0 Å². The summed E-state index contributed by atoms with van der Waals surface area (Å²) in [5.41, 5.74) is 1.83. The molecular weight excluding hydrogens is 360 g/mol. The van der Waals surface area contributed by atoms with Crippen LogP contribution in [0.1, 0.15) is 15.9 Å². The fourth-order valence-electron chi connectivity index (χ4n) is 1.80. The second-order valence-electron chi connectivity index (χ2n) is 4.56. The maximum atomic E-state index is 11.8. The lowest BCUT2D eigenvalue weighted by Gasteiger charge is -2.06. The number of methoxy groups -OCH3 is 1. The summed E-state index contributed by atoms with van der Waals surface area (Å²) in [6.07, 6.45) is 3.32. The summed E-state index contributed by atoms with van der Waals surface area (Å²) in [6, 6.07) is 13.8. The van der Waals surface area contributed by atoms with Gasteiger partial charge in [-0.15, -0.1) is 0 Å². The molecule has 2 N–H and O–H groups in total. The van der Waals surface area contributed by atoms with E-state index >= 15 is 0 Å². The molecule has 2 aromatic rings. The van der Waals surface area contributed by atoms with E-state index in [1.165, 1.54) is 7.11 Å². The summed E-state index contributed by atoms with van der Waals surface area (Å²) in [5, 5.41) is 5.24. The smallest absolute Gasteiger partial charge is 0.337 e. The number of hydrogen-bond acceptors (Lipinski definition) is 3. The van der Waals surface area contributed by atoms with Gasteiger partial charge in [0.05, 0.1) is 12.7 Å². The molecular formula is C17H15BrN2O3. The lowest BCUT2D eigenvalue weighted by molar-refractivity contribution is 0.0600. The quantitative estimate of drug-likeness (QED) is 0.793. The van der Waals surface area contributed by atoms with Crippen molar-refractivity contribution in [3.63, 3.8) is 0 Å². The Labute approximate surface area is 142 Å². The van der Waals surface area contributed by atoms with Crippen LogP contribution in [0.2, 0.25) is 0 Å². The van der Waals surface area contributed by atoms with Crippen LogP contribution < -0.4 is 10.6 Å². The van der Waals surface area contributed by atoms with Gasteiger partial charge in [-0.2, -0.15) is 0 Å². The molecule has 2 rings (SSSR count). The Morgan fingerprint density at radius 2 is 1.87 bits per heavy atom. The highest BCUT2D eigenvalue weighted by atomic mass is 79.9. The molecule has 0 radical (unpaired) electrons. The zero-order valence-corrected chi connectivity index (χ0v) is 14.0. The number of anilines is 1. The molecule has 0 spiro atoms. The van der Waals surface area contributed by atoms with Crippen molar-refractivity contribution in [2.45, 2.75) is 0 Å². The van der Waals surface area contributed by atoms with Crippen molar-refractivity contribution in [2.24, 2.45) is 0 Å². The molecule has 0 atom stereocenters. The second-order valence-corrected chi connectivity index (χ2v) is 5.47. The van der Waals surface area contributed by atoms with E-state index in [2.05, 4.69) is 31.3 Å². The first-order valence-corrected chi connectivity index (χ1v) is 7.56. The van der Waals surface area contributed by atoms with Crippen LogP contribution >= 0.6 is 15.9 Å². The Bertz CT molecular complexity index is 727. The number of esters is 1. The lowest BCUT2D eigenvalue weighted by Crippen LogP contribution is -2.23. The molecule has 0 aliphatic carbocycles. The van der Waals surface area contributed by atoms with E-state index in [1.54, 1.807) is 36.5 Å². The summed E-state index contributed by atoms with van der Waals surface area (Å²) in [5.74, 6) is -0.454. The molecule has 2 amide bonds. The molecule has 0 fully saturated rings. The van der Waals surface area contributed by atoms with Crippen molar-refractivity contribution in [3.05, 3.63) is 70.3 Å². The van der Waals surface area contributed by atoms with Gasteiger partial charge in [0.15, 0.2) is 0 Å². The van der Waals surface area contributed by atoms with Gasteiger partial charge in [0.1, 0.15) is 0 Å². The average molecular weight is 375 g/mol. The number of hydrogen-bond donors (Lipinski definition) is 2. The number of nitrogens with one attached hydrogen (secondary N) is 2. The van der Waals surface area contributed by atoms with E-state index in [0.717, 1.165) is 10.0 Å². The monoisotopic (exact) mass is 374 g/mol. The summed E-state index contributed by atoms with van der Waals surface area (Å²) < 4.78 is 5.63. The zero-order chi connectivity index (χ0) is 16.7. The number of carbonyl (C=O) groups excluding carboxylic acids is 2. The van der Waals surface area contributed by atoms with Crippen molar-refractivity contribution >= 4 is 39.7 Å². The van der Waals surface area contributed by atoms with E-state index in [0.29, 0.717) is 11.3 Å². The van der Waals surface area contributed by atoms with E-state index in [1.807, 2.05) is 24.3 Å². The van der Waals surface area contributed by atoms with Crippen LogP contribution in [-0.2, 0) is 4.74 Å². The van der Waals surface area contributed by atoms with Gasteiger partial charge in [-0.1, -0.05) is 34.1 Å². The Morgan fingerprint density at radius 3 is 2.57 bits per heavy atom. The number of amides is 2. The van der Waals surface area contributed by atoms with Crippen LogP contribution in [0.15, 0.2) is 59.2 Å². The predicted molar refractivity (Wildman–Crippen MR) is 93.1 cm³/mol. The Morgan fingerprint density at radius 1 is 1.13 bits per heavy atom. The topological polar surface area (TPSA) is 67.4 Å². The predicted octanol–water partition coefficient (Wildman–Crippen LogP) is 4.03. The minimum Gasteiger partial charge on any atom is -0.465 e. The largest absolute Gasteiger partial charge is 0.465 e. The number of urea groups is 1. The van der Waals surface area contributed by atoms with Crippen LogP contribution in [0.25, 0.3) is 6.08 Å². The van der Waals surface area contributed by atoms with Crippen molar-refractivity contribution < 1.29 is 14.3 Å². The van der Waals surface area contributed by atoms with Crippen molar-refractivity contribution in [1.82, 2.24) is 5.32 Å². The summed E-state index contributed by atoms with van der Waals surface area (Å²) in [7, 11) is 1.31. The number of carbonyl (C=O) groups is 2. The zero-order valence-electron chi connectivity index (χ0n) is 12.4. The molecule has 5 nitrogen and oxygen atoms in total. The summed E-state index contributed by atoms with van der Waals surface area (Å²) in [4.78, 5) is 23.2. The molecule has 118 valence electrons. The van der Waals surface area contributed by atoms with Gasteiger partial charge >= 0.3 is 12.0 Å². The first-order valence-electron chi connectivity index (χ1n) is 6.76. The van der Waals surface area contributed by atoms with Crippen LogP contribution in [0.3, 0.4) is 0 Å². The van der Waals surface area contributed by atoms with Gasteiger partial charge in [-0.25, -0.2) is 9.59 Å². The van der Waals surface area contributed by atoms with Gasteiger partial charge in [-0.3, -0.25) is 0 Å². The average Bonchev–Trinajstić information content (AvgIpc) is 2.56.